The van der Waals surface area contributed by atoms with Gasteiger partial charge in [0, 0.05) is 18.2 Å². The summed E-state index contributed by atoms with van der Waals surface area (Å²) in [5.41, 5.74) is 3.72. The van der Waals surface area contributed by atoms with Gasteiger partial charge in [-0.1, -0.05) is 60.7 Å². The Morgan fingerprint density at radius 2 is 1.81 bits per heavy atom. The fourth-order valence-corrected chi connectivity index (χ4v) is 5.14. The second kappa shape index (κ2) is 9.67. The highest BCUT2D eigenvalue weighted by atomic mass is 16.5. The molecule has 0 radical (unpaired) electrons. The fraction of sp³-hybridized carbons (Fsp3) is 0.258. The van der Waals surface area contributed by atoms with Gasteiger partial charge in [-0.15, -0.1) is 0 Å². The van der Waals surface area contributed by atoms with Crippen LogP contribution in [0.1, 0.15) is 47.8 Å². The summed E-state index contributed by atoms with van der Waals surface area (Å²) < 4.78 is 6.53. The summed E-state index contributed by atoms with van der Waals surface area (Å²) in [6.45, 7) is 7.56. The minimum atomic E-state index is -0.912. The van der Waals surface area contributed by atoms with Gasteiger partial charge in [0.2, 0.25) is 0 Å². The average molecular weight is 481 g/mol. The highest BCUT2D eigenvalue weighted by molar-refractivity contribution is 5.91. The third-order valence-corrected chi connectivity index (χ3v) is 7.16. The van der Waals surface area contributed by atoms with Gasteiger partial charge in [0.15, 0.2) is 0 Å². The van der Waals surface area contributed by atoms with Crippen molar-refractivity contribution in [1.29, 1.82) is 0 Å². The first-order valence-electron chi connectivity index (χ1n) is 12.5. The maximum atomic E-state index is 11.8. The highest BCUT2D eigenvalue weighted by Gasteiger charge is 2.36. The molecule has 1 aliphatic heterocycles. The zero-order chi connectivity index (χ0) is 25.3. The monoisotopic (exact) mass is 480 g/mol. The predicted molar refractivity (Wildman–Crippen MR) is 146 cm³/mol. The van der Waals surface area contributed by atoms with Crippen molar-refractivity contribution in [2.75, 3.05) is 18.0 Å². The molecular formula is C31H32N2O3. The van der Waals surface area contributed by atoms with Crippen molar-refractivity contribution in [3.8, 4) is 5.75 Å². The van der Waals surface area contributed by atoms with Crippen molar-refractivity contribution in [3.63, 3.8) is 0 Å². The Kier molecular flexibility index (Phi) is 6.42. The van der Waals surface area contributed by atoms with Gasteiger partial charge in [-0.3, -0.25) is 0 Å². The van der Waals surface area contributed by atoms with E-state index in [9.17, 15) is 9.90 Å². The highest BCUT2D eigenvalue weighted by Crippen LogP contribution is 2.42. The van der Waals surface area contributed by atoms with Crippen molar-refractivity contribution < 1.29 is 14.6 Å². The SMILES string of the molecule is Cc1ccc(N2CC(C)(CCN[C@H](C)c3cccc4ccccc34)Oc3ccccc32)cc1C(=O)O. The Balaban J connectivity index is 1.36. The molecule has 184 valence electrons. The van der Waals surface area contributed by atoms with E-state index in [1.54, 1.807) is 6.07 Å². The summed E-state index contributed by atoms with van der Waals surface area (Å²) >= 11 is 0. The van der Waals surface area contributed by atoms with Gasteiger partial charge in [0.25, 0.3) is 0 Å². The first-order chi connectivity index (χ1) is 17.3. The first kappa shape index (κ1) is 23.9. The molecule has 4 aromatic carbocycles. The van der Waals surface area contributed by atoms with Gasteiger partial charge in [-0.05, 0) is 73.5 Å². The maximum absolute atomic E-state index is 11.8. The normalized spacial score (nSPS) is 17.9. The molecule has 0 spiro atoms. The summed E-state index contributed by atoms with van der Waals surface area (Å²) in [5, 5.41) is 15.9. The third kappa shape index (κ3) is 4.67. The molecule has 2 N–H and O–H groups in total. The van der Waals surface area contributed by atoms with E-state index in [1.165, 1.54) is 16.3 Å². The molecular weight excluding hydrogens is 448 g/mol. The molecule has 5 nitrogen and oxygen atoms in total. The van der Waals surface area contributed by atoms with Crippen LogP contribution in [0, 0.1) is 6.92 Å². The number of carboxylic acids is 1. The topological polar surface area (TPSA) is 61.8 Å². The van der Waals surface area contributed by atoms with Crippen LogP contribution in [0.2, 0.25) is 0 Å². The van der Waals surface area contributed by atoms with Crippen LogP contribution >= 0.6 is 0 Å². The zero-order valence-corrected chi connectivity index (χ0v) is 21.0. The number of ether oxygens (including phenoxy) is 1. The quantitative estimate of drug-likeness (QED) is 0.302. The number of hydrogen-bond acceptors (Lipinski definition) is 4. The Morgan fingerprint density at radius 1 is 1.06 bits per heavy atom. The summed E-state index contributed by atoms with van der Waals surface area (Å²) in [4.78, 5) is 14.0. The molecule has 1 unspecified atom stereocenters. The van der Waals surface area contributed by atoms with Gasteiger partial charge in [-0.25, -0.2) is 4.79 Å². The summed E-state index contributed by atoms with van der Waals surface area (Å²) in [7, 11) is 0. The van der Waals surface area contributed by atoms with Crippen LogP contribution < -0.4 is 15.0 Å². The third-order valence-electron chi connectivity index (χ3n) is 7.16. The average Bonchev–Trinajstić information content (AvgIpc) is 2.88. The Bertz CT molecular complexity index is 1410. The smallest absolute Gasteiger partial charge is 0.336 e. The van der Waals surface area contributed by atoms with Crippen LogP contribution in [0.4, 0.5) is 11.4 Å². The standard InChI is InChI=1S/C31H32N2O3/c1-21-15-16-24(19-27(21)30(34)35)33-20-31(3,36-29-14-7-6-13-28(29)33)17-18-32-22(2)25-12-8-10-23-9-4-5-11-26(23)25/h4-16,19,22,32H,17-18,20H2,1-3H3,(H,34,35)/t22-,31?/m1/s1. The van der Waals surface area contributed by atoms with E-state index in [0.29, 0.717) is 12.1 Å². The largest absolute Gasteiger partial charge is 0.483 e. The number of rotatable bonds is 7. The van der Waals surface area contributed by atoms with E-state index in [2.05, 4.69) is 66.5 Å². The molecule has 0 saturated carbocycles. The summed E-state index contributed by atoms with van der Waals surface area (Å²) in [6, 6.07) is 28.7. The number of aryl methyl sites for hydroxylation is 1. The number of fused-ring (bicyclic) bond motifs is 2. The Labute approximate surface area is 212 Å². The molecule has 5 heteroatoms. The van der Waals surface area contributed by atoms with Crippen molar-refractivity contribution >= 4 is 28.1 Å². The Hall–Kier alpha value is -3.83. The second-order valence-corrected chi connectivity index (χ2v) is 9.90. The van der Waals surface area contributed by atoms with Gasteiger partial charge >= 0.3 is 5.97 Å². The van der Waals surface area contributed by atoms with E-state index in [0.717, 1.165) is 35.7 Å². The molecule has 0 aromatic heterocycles. The second-order valence-electron chi connectivity index (χ2n) is 9.90. The van der Waals surface area contributed by atoms with Gasteiger partial charge < -0.3 is 20.1 Å². The van der Waals surface area contributed by atoms with E-state index >= 15 is 0 Å². The molecule has 1 aliphatic rings. The fourth-order valence-electron chi connectivity index (χ4n) is 5.14. The molecule has 0 saturated heterocycles. The van der Waals surface area contributed by atoms with Crippen molar-refractivity contribution in [2.24, 2.45) is 0 Å². The molecule has 0 fully saturated rings. The van der Waals surface area contributed by atoms with Crippen LogP contribution in [0.25, 0.3) is 10.8 Å². The number of aromatic carboxylic acids is 1. The van der Waals surface area contributed by atoms with Gasteiger partial charge in [0.05, 0.1) is 17.8 Å². The minimum absolute atomic E-state index is 0.196. The molecule has 4 aromatic rings. The minimum Gasteiger partial charge on any atom is -0.483 e. The first-order valence-corrected chi connectivity index (χ1v) is 12.5. The number of benzene rings is 4. The van der Waals surface area contributed by atoms with E-state index in [-0.39, 0.29) is 6.04 Å². The molecule has 36 heavy (non-hydrogen) atoms. The van der Waals surface area contributed by atoms with Crippen LogP contribution in [0.5, 0.6) is 5.75 Å². The number of anilines is 2. The lowest BCUT2D eigenvalue weighted by Gasteiger charge is -2.43. The number of hydrogen-bond donors (Lipinski definition) is 2. The number of carboxylic acid groups (broad SMARTS) is 1. The molecule has 5 rings (SSSR count). The van der Waals surface area contributed by atoms with Crippen LogP contribution in [-0.2, 0) is 0 Å². The lowest BCUT2D eigenvalue weighted by molar-refractivity contribution is 0.0696. The van der Waals surface area contributed by atoms with Crippen molar-refractivity contribution in [1.82, 2.24) is 5.32 Å². The lowest BCUT2D eigenvalue weighted by Crippen LogP contribution is -2.49. The number of nitrogens with one attached hydrogen (secondary N) is 1. The zero-order valence-electron chi connectivity index (χ0n) is 21.0. The molecule has 0 bridgehead atoms. The maximum Gasteiger partial charge on any atom is 0.336 e. The van der Waals surface area contributed by atoms with Crippen molar-refractivity contribution in [3.05, 3.63) is 102 Å². The number of para-hydroxylation sites is 2. The van der Waals surface area contributed by atoms with Crippen LogP contribution in [0.15, 0.2) is 84.9 Å². The lowest BCUT2D eigenvalue weighted by atomic mass is 9.96. The van der Waals surface area contributed by atoms with E-state index in [1.807, 2.05) is 43.3 Å². The van der Waals surface area contributed by atoms with E-state index < -0.39 is 11.6 Å². The molecule has 0 aliphatic carbocycles. The number of nitrogens with zero attached hydrogens (tertiary/aromatic N) is 1. The van der Waals surface area contributed by atoms with Gasteiger partial charge in [0.1, 0.15) is 11.4 Å². The van der Waals surface area contributed by atoms with E-state index in [4.69, 9.17) is 4.74 Å². The van der Waals surface area contributed by atoms with Crippen LogP contribution in [-0.4, -0.2) is 29.8 Å². The predicted octanol–water partition coefficient (Wildman–Crippen LogP) is 6.88. The summed E-state index contributed by atoms with van der Waals surface area (Å²) in [5.74, 6) is -0.101. The Morgan fingerprint density at radius 3 is 2.64 bits per heavy atom. The molecule has 1 heterocycles. The van der Waals surface area contributed by atoms with Gasteiger partial charge in [-0.2, -0.15) is 0 Å². The van der Waals surface area contributed by atoms with Crippen LogP contribution in [0.3, 0.4) is 0 Å². The van der Waals surface area contributed by atoms with Crippen molar-refractivity contribution in [2.45, 2.75) is 38.8 Å². The molecule has 0 amide bonds. The number of carbonyl (C=O) groups is 1. The molecule has 2 atom stereocenters. The summed E-state index contributed by atoms with van der Waals surface area (Å²) in [6.07, 6.45) is 0.796.